The number of rotatable bonds is 7. The van der Waals surface area contributed by atoms with Crippen molar-refractivity contribution >= 4 is 0 Å². The van der Waals surface area contributed by atoms with Crippen LogP contribution in [-0.4, -0.2) is 56.6 Å². The molecule has 0 aliphatic rings. The zero-order chi connectivity index (χ0) is 12.8. The second-order valence-electron chi connectivity index (χ2n) is 5.93. The molecule has 0 rings (SSSR count). The van der Waals surface area contributed by atoms with Gasteiger partial charge in [-0.3, -0.25) is 0 Å². The predicted octanol–water partition coefficient (Wildman–Crippen LogP) is 2.30. The summed E-state index contributed by atoms with van der Waals surface area (Å²) in [7, 11) is 4.04. The number of quaternary nitrogens is 1. The van der Waals surface area contributed by atoms with Gasteiger partial charge in [0.1, 0.15) is 13.1 Å². The molecule has 0 aliphatic heterocycles. The molecule has 0 aromatic carbocycles. The minimum Gasteiger partial charge on any atom is -0.379 e. The molecule has 0 saturated heterocycles. The molecule has 0 amide bonds. The number of hydrogen-bond donors (Lipinski definition) is 0. The first kappa shape index (κ1) is 15.9. The quantitative estimate of drug-likeness (QED) is 0.627. The summed E-state index contributed by atoms with van der Waals surface area (Å²) >= 11 is 0. The second kappa shape index (κ2) is 6.58. The molecule has 3 heteroatoms. The first-order valence-electron chi connectivity index (χ1n) is 6.18. The number of likely N-dealkylation sites (N-methyl/N-ethyl adjacent to an activating group) is 1. The summed E-state index contributed by atoms with van der Waals surface area (Å²) in [5.74, 6) is 0. The van der Waals surface area contributed by atoms with E-state index < -0.39 is 0 Å². The van der Waals surface area contributed by atoms with Crippen molar-refractivity contribution < 1.29 is 14.0 Å². The third-order valence-electron chi connectivity index (χ3n) is 3.44. The predicted molar refractivity (Wildman–Crippen MR) is 68.6 cm³/mol. The molecule has 16 heavy (non-hydrogen) atoms. The third kappa shape index (κ3) is 5.28. The molecular weight excluding hydrogens is 202 g/mol. The zero-order valence-corrected chi connectivity index (χ0v) is 12.2. The average Bonchev–Trinajstić information content (AvgIpc) is 2.12. The molecule has 0 aliphatic carbocycles. The van der Waals surface area contributed by atoms with Gasteiger partial charge < -0.3 is 14.0 Å². The van der Waals surface area contributed by atoms with Gasteiger partial charge in [0.05, 0.1) is 31.9 Å². The number of hydrogen-bond acceptors (Lipinski definition) is 2. The van der Waals surface area contributed by atoms with Crippen molar-refractivity contribution in [3.8, 4) is 0 Å². The summed E-state index contributed by atoms with van der Waals surface area (Å²) in [5.41, 5.74) is 0.221. The van der Waals surface area contributed by atoms with Crippen molar-refractivity contribution in [2.45, 2.75) is 46.3 Å². The van der Waals surface area contributed by atoms with Crippen LogP contribution in [0.3, 0.4) is 0 Å². The Bertz CT molecular complexity index is 187. The molecule has 0 aromatic heterocycles. The molecule has 0 fully saturated rings. The van der Waals surface area contributed by atoms with Gasteiger partial charge in [-0.2, -0.15) is 0 Å². The van der Waals surface area contributed by atoms with Gasteiger partial charge in [0.25, 0.3) is 0 Å². The van der Waals surface area contributed by atoms with Crippen molar-refractivity contribution in [2.75, 3.05) is 40.5 Å². The number of ether oxygens (including phenoxy) is 2. The lowest BCUT2D eigenvalue weighted by Gasteiger charge is -2.45. The average molecular weight is 232 g/mol. The standard InChI is InChI=1S/C13H30NO2/c1-12(2)16-11-9-14(6,8-10-15-7)13(3,4)5/h12H,8-11H2,1-7H3/q+1. The molecule has 98 valence electrons. The highest BCUT2D eigenvalue weighted by atomic mass is 16.5. The van der Waals surface area contributed by atoms with Gasteiger partial charge in [0.15, 0.2) is 0 Å². The third-order valence-corrected chi connectivity index (χ3v) is 3.44. The Morgan fingerprint density at radius 2 is 1.56 bits per heavy atom. The Kier molecular flexibility index (Phi) is 6.53. The first-order valence-corrected chi connectivity index (χ1v) is 6.18. The highest BCUT2D eigenvalue weighted by molar-refractivity contribution is 4.62. The minimum absolute atomic E-state index is 0.221. The van der Waals surface area contributed by atoms with Gasteiger partial charge >= 0.3 is 0 Å². The maximum atomic E-state index is 5.66. The molecule has 1 unspecified atom stereocenters. The van der Waals surface area contributed by atoms with Crippen molar-refractivity contribution in [1.29, 1.82) is 0 Å². The second-order valence-corrected chi connectivity index (χ2v) is 5.93. The van der Waals surface area contributed by atoms with E-state index in [-0.39, 0.29) is 5.54 Å². The summed E-state index contributed by atoms with van der Waals surface area (Å²) in [6, 6.07) is 0. The van der Waals surface area contributed by atoms with Crippen LogP contribution in [0.15, 0.2) is 0 Å². The van der Waals surface area contributed by atoms with E-state index in [1.54, 1.807) is 7.11 Å². The Morgan fingerprint density at radius 1 is 1.06 bits per heavy atom. The van der Waals surface area contributed by atoms with Gasteiger partial charge in [-0.05, 0) is 34.6 Å². The Labute approximate surface area is 101 Å². The largest absolute Gasteiger partial charge is 0.379 e. The van der Waals surface area contributed by atoms with Crippen LogP contribution in [0.1, 0.15) is 34.6 Å². The van der Waals surface area contributed by atoms with E-state index in [1.165, 1.54) is 0 Å². The fraction of sp³-hybridized carbons (Fsp3) is 1.00. The van der Waals surface area contributed by atoms with Crippen LogP contribution in [0.4, 0.5) is 0 Å². The lowest BCUT2D eigenvalue weighted by molar-refractivity contribution is -0.953. The highest BCUT2D eigenvalue weighted by Gasteiger charge is 2.35. The lowest BCUT2D eigenvalue weighted by atomic mass is 10.0. The maximum Gasteiger partial charge on any atom is 0.103 e. The van der Waals surface area contributed by atoms with Crippen molar-refractivity contribution in [2.24, 2.45) is 0 Å². The smallest absolute Gasteiger partial charge is 0.103 e. The summed E-state index contributed by atoms with van der Waals surface area (Å²) in [6.07, 6.45) is 0.316. The fourth-order valence-electron chi connectivity index (χ4n) is 1.57. The summed E-state index contributed by atoms with van der Waals surface area (Å²) in [4.78, 5) is 0. The molecule has 0 aromatic rings. The molecule has 0 saturated carbocycles. The van der Waals surface area contributed by atoms with E-state index in [0.29, 0.717) is 6.10 Å². The van der Waals surface area contributed by atoms with Crippen molar-refractivity contribution in [3.05, 3.63) is 0 Å². The van der Waals surface area contributed by atoms with Crippen LogP contribution in [0, 0.1) is 0 Å². The van der Waals surface area contributed by atoms with Crippen LogP contribution in [0.5, 0.6) is 0 Å². The molecule has 1 atom stereocenters. The van der Waals surface area contributed by atoms with Crippen LogP contribution in [0.2, 0.25) is 0 Å². The Morgan fingerprint density at radius 3 is 1.94 bits per heavy atom. The number of methoxy groups -OCH3 is 1. The van der Waals surface area contributed by atoms with E-state index in [0.717, 1.165) is 30.8 Å². The van der Waals surface area contributed by atoms with Gasteiger partial charge in [-0.25, -0.2) is 0 Å². The van der Waals surface area contributed by atoms with E-state index in [9.17, 15) is 0 Å². The van der Waals surface area contributed by atoms with Crippen LogP contribution < -0.4 is 0 Å². The van der Waals surface area contributed by atoms with Gasteiger partial charge in [-0.15, -0.1) is 0 Å². The first-order chi connectivity index (χ1) is 7.23. The molecule has 0 bridgehead atoms. The maximum absolute atomic E-state index is 5.66. The minimum atomic E-state index is 0.221. The summed E-state index contributed by atoms with van der Waals surface area (Å²) < 4.78 is 11.8. The van der Waals surface area contributed by atoms with Crippen molar-refractivity contribution in [3.63, 3.8) is 0 Å². The van der Waals surface area contributed by atoms with E-state index in [1.807, 2.05) is 0 Å². The molecule has 3 nitrogen and oxygen atoms in total. The highest BCUT2D eigenvalue weighted by Crippen LogP contribution is 2.21. The van der Waals surface area contributed by atoms with Gasteiger partial charge in [0.2, 0.25) is 0 Å². The van der Waals surface area contributed by atoms with Crippen LogP contribution in [0.25, 0.3) is 0 Å². The molecule has 0 heterocycles. The van der Waals surface area contributed by atoms with Crippen LogP contribution in [-0.2, 0) is 9.47 Å². The lowest BCUT2D eigenvalue weighted by Crippen LogP contribution is -2.60. The Hall–Kier alpha value is -0.120. The van der Waals surface area contributed by atoms with Gasteiger partial charge in [-0.1, -0.05) is 0 Å². The monoisotopic (exact) mass is 232 g/mol. The molecule has 0 radical (unpaired) electrons. The fourth-order valence-corrected chi connectivity index (χ4v) is 1.57. The van der Waals surface area contributed by atoms with E-state index in [2.05, 4.69) is 41.7 Å². The molecule has 0 N–H and O–H groups in total. The normalized spacial score (nSPS) is 16.5. The summed E-state index contributed by atoms with van der Waals surface area (Å²) in [6.45, 7) is 14.7. The summed E-state index contributed by atoms with van der Waals surface area (Å²) in [5, 5.41) is 0. The number of nitrogens with zero attached hydrogens (tertiary/aromatic N) is 1. The van der Waals surface area contributed by atoms with E-state index >= 15 is 0 Å². The molecular formula is C13H30NO2+. The van der Waals surface area contributed by atoms with Gasteiger partial charge in [0, 0.05) is 7.11 Å². The SMILES string of the molecule is COCC[N+](C)(CCOC(C)C)C(C)(C)C. The van der Waals surface area contributed by atoms with Crippen LogP contribution >= 0.6 is 0 Å². The Balaban J connectivity index is 4.31. The van der Waals surface area contributed by atoms with Crippen molar-refractivity contribution in [1.82, 2.24) is 0 Å². The van der Waals surface area contributed by atoms with E-state index in [4.69, 9.17) is 9.47 Å². The topological polar surface area (TPSA) is 18.5 Å². The zero-order valence-electron chi connectivity index (χ0n) is 12.2. The molecule has 0 spiro atoms.